The van der Waals surface area contributed by atoms with Crippen LogP contribution in [0.3, 0.4) is 0 Å². The zero-order chi connectivity index (χ0) is 13.1. The SMILES string of the molecule is CCNC(c1ccc(Cl)o1)c1c(Cl)cnn1CC. The smallest absolute Gasteiger partial charge is 0.193 e. The van der Waals surface area contributed by atoms with E-state index in [4.69, 9.17) is 27.6 Å². The summed E-state index contributed by atoms with van der Waals surface area (Å²) in [6, 6.07) is 3.43. The first-order valence-corrected chi connectivity index (χ1v) is 6.62. The van der Waals surface area contributed by atoms with Crippen molar-refractivity contribution in [2.45, 2.75) is 26.4 Å². The summed E-state index contributed by atoms with van der Waals surface area (Å²) in [6.07, 6.45) is 1.65. The van der Waals surface area contributed by atoms with Gasteiger partial charge in [-0.1, -0.05) is 18.5 Å². The third kappa shape index (κ3) is 2.55. The van der Waals surface area contributed by atoms with Gasteiger partial charge in [-0.3, -0.25) is 4.68 Å². The summed E-state index contributed by atoms with van der Waals surface area (Å²) >= 11 is 12.0. The fourth-order valence-corrected chi connectivity index (χ4v) is 2.33. The lowest BCUT2D eigenvalue weighted by Crippen LogP contribution is -2.24. The van der Waals surface area contributed by atoms with Crippen LogP contribution in [0.2, 0.25) is 10.2 Å². The molecule has 6 heteroatoms. The molecule has 1 unspecified atom stereocenters. The summed E-state index contributed by atoms with van der Waals surface area (Å²) in [4.78, 5) is 0. The van der Waals surface area contributed by atoms with Crippen molar-refractivity contribution in [2.75, 3.05) is 6.54 Å². The molecule has 0 bridgehead atoms. The Kier molecular flexibility index (Phi) is 4.32. The van der Waals surface area contributed by atoms with E-state index in [-0.39, 0.29) is 6.04 Å². The fraction of sp³-hybridized carbons (Fsp3) is 0.417. The third-order valence-electron chi connectivity index (χ3n) is 2.69. The molecular formula is C12H15Cl2N3O. The van der Waals surface area contributed by atoms with Crippen molar-refractivity contribution in [2.24, 2.45) is 0 Å². The van der Waals surface area contributed by atoms with E-state index in [0.29, 0.717) is 10.2 Å². The molecule has 1 N–H and O–H groups in total. The molecule has 2 rings (SSSR count). The van der Waals surface area contributed by atoms with E-state index >= 15 is 0 Å². The molecular weight excluding hydrogens is 273 g/mol. The molecule has 2 aromatic rings. The van der Waals surface area contributed by atoms with Crippen molar-refractivity contribution in [3.05, 3.63) is 40.0 Å². The first-order valence-electron chi connectivity index (χ1n) is 5.87. The average molecular weight is 288 g/mol. The quantitative estimate of drug-likeness (QED) is 0.915. The average Bonchev–Trinajstić information content (AvgIpc) is 2.93. The van der Waals surface area contributed by atoms with Gasteiger partial charge in [0.2, 0.25) is 0 Å². The highest BCUT2D eigenvalue weighted by molar-refractivity contribution is 6.31. The van der Waals surface area contributed by atoms with Crippen molar-refractivity contribution < 1.29 is 4.42 Å². The normalized spacial score (nSPS) is 12.9. The molecule has 18 heavy (non-hydrogen) atoms. The van der Waals surface area contributed by atoms with Crippen LogP contribution in [0, 0.1) is 0 Å². The monoisotopic (exact) mass is 287 g/mol. The summed E-state index contributed by atoms with van der Waals surface area (Å²) in [5, 5.41) is 8.56. The van der Waals surface area contributed by atoms with E-state index in [1.807, 2.05) is 24.6 Å². The lowest BCUT2D eigenvalue weighted by atomic mass is 10.1. The highest BCUT2D eigenvalue weighted by Crippen LogP contribution is 2.30. The largest absolute Gasteiger partial charge is 0.448 e. The van der Waals surface area contributed by atoms with Crippen LogP contribution in [0.4, 0.5) is 0 Å². The second kappa shape index (κ2) is 5.78. The van der Waals surface area contributed by atoms with Gasteiger partial charge in [-0.25, -0.2) is 0 Å². The number of hydrogen-bond acceptors (Lipinski definition) is 3. The number of nitrogens with one attached hydrogen (secondary N) is 1. The number of halogens is 2. The molecule has 0 aromatic carbocycles. The standard InChI is InChI=1S/C12H15Cl2N3O/c1-3-15-11(9-5-6-10(14)18-9)12-8(13)7-16-17(12)4-2/h5-7,11,15H,3-4H2,1-2H3. The maximum absolute atomic E-state index is 6.21. The van der Waals surface area contributed by atoms with Crippen LogP contribution < -0.4 is 5.32 Å². The predicted molar refractivity (Wildman–Crippen MR) is 72.1 cm³/mol. The summed E-state index contributed by atoms with van der Waals surface area (Å²) in [7, 11) is 0. The Morgan fingerprint density at radius 3 is 2.72 bits per heavy atom. The van der Waals surface area contributed by atoms with Gasteiger partial charge in [-0.05, 0) is 37.2 Å². The van der Waals surface area contributed by atoms with Crippen molar-refractivity contribution >= 4 is 23.2 Å². The summed E-state index contributed by atoms with van der Waals surface area (Å²) in [6.45, 7) is 5.58. The van der Waals surface area contributed by atoms with Gasteiger partial charge in [0.1, 0.15) is 11.8 Å². The highest BCUT2D eigenvalue weighted by atomic mass is 35.5. The first-order chi connectivity index (χ1) is 8.67. The van der Waals surface area contributed by atoms with Crippen LogP contribution in [0.1, 0.15) is 31.3 Å². The van der Waals surface area contributed by atoms with Gasteiger partial charge in [0, 0.05) is 6.54 Å². The molecule has 2 heterocycles. The first kappa shape index (κ1) is 13.5. The Hall–Kier alpha value is -0.970. The van der Waals surface area contributed by atoms with E-state index in [1.165, 1.54) is 0 Å². The summed E-state index contributed by atoms with van der Waals surface area (Å²) in [5.41, 5.74) is 0.895. The molecule has 0 fully saturated rings. The van der Waals surface area contributed by atoms with Gasteiger partial charge < -0.3 is 9.73 Å². The number of furan rings is 1. The minimum atomic E-state index is -0.141. The molecule has 0 radical (unpaired) electrons. The number of nitrogens with zero attached hydrogens (tertiary/aromatic N) is 2. The minimum absolute atomic E-state index is 0.141. The molecule has 0 aliphatic carbocycles. The second-order valence-electron chi connectivity index (χ2n) is 3.83. The van der Waals surface area contributed by atoms with Gasteiger partial charge in [-0.2, -0.15) is 5.10 Å². The van der Waals surface area contributed by atoms with Crippen molar-refractivity contribution in [1.82, 2.24) is 15.1 Å². The molecule has 0 saturated heterocycles. The Bertz CT molecular complexity index is 521. The van der Waals surface area contributed by atoms with Crippen LogP contribution in [0.5, 0.6) is 0 Å². The van der Waals surface area contributed by atoms with Crippen molar-refractivity contribution in [1.29, 1.82) is 0 Å². The van der Waals surface area contributed by atoms with Crippen LogP contribution in [0.15, 0.2) is 22.7 Å². The van der Waals surface area contributed by atoms with Crippen LogP contribution in [-0.4, -0.2) is 16.3 Å². The molecule has 98 valence electrons. The lowest BCUT2D eigenvalue weighted by Gasteiger charge is -2.17. The summed E-state index contributed by atoms with van der Waals surface area (Å²) < 4.78 is 7.33. The van der Waals surface area contributed by atoms with Gasteiger partial charge >= 0.3 is 0 Å². The second-order valence-corrected chi connectivity index (χ2v) is 4.61. The molecule has 0 amide bonds. The fourth-order valence-electron chi connectivity index (χ4n) is 1.93. The van der Waals surface area contributed by atoms with E-state index < -0.39 is 0 Å². The number of aryl methyl sites for hydroxylation is 1. The topological polar surface area (TPSA) is 43.0 Å². The molecule has 2 aromatic heterocycles. The van der Waals surface area contributed by atoms with E-state index in [1.54, 1.807) is 12.3 Å². The van der Waals surface area contributed by atoms with Crippen LogP contribution >= 0.6 is 23.2 Å². The Morgan fingerprint density at radius 2 is 2.17 bits per heavy atom. The van der Waals surface area contributed by atoms with Crippen LogP contribution in [0.25, 0.3) is 0 Å². The highest BCUT2D eigenvalue weighted by Gasteiger charge is 2.23. The zero-order valence-electron chi connectivity index (χ0n) is 10.3. The van der Waals surface area contributed by atoms with Gasteiger partial charge in [0.25, 0.3) is 0 Å². The molecule has 4 nitrogen and oxygen atoms in total. The third-order valence-corrected chi connectivity index (χ3v) is 3.19. The zero-order valence-corrected chi connectivity index (χ0v) is 11.8. The Balaban J connectivity index is 2.43. The summed E-state index contributed by atoms with van der Waals surface area (Å²) in [5.74, 6) is 0.735. The minimum Gasteiger partial charge on any atom is -0.448 e. The Labute approximate surface area is 116 Å². The molecule has 0 aliphatic heterocycles. The maximum atomic E-state index is 6.21. The van der Waals surface area contributed by atoms with Crippen molar-refractivity contribution in [3.8, 4) is 0 Å². The predicted octanol–water partition coefficient (Wildman–Crippen LogP) is 3.50. The van der Waals surface area contributed by atoms with E-state index in [0.717, 1.165) is 24.5 Å². The Morgan fingerprint density at radius 1 is 1.39 bits per heavy atom. The number of hydrogen-bond donors (Lipinski definition) is 1. The molecule has 0 aliphatic rings. The van der Waals surface area contributed by atoms with Gasteiger partial charge in [-0.15, -0.1) is 0 Å². The maximum Gasteiger partial charge on any atom is 0.193 e. The van der Waals surface area contributed by atoms with E-state index in [9.17, 15) is 0 Å². The van der Waals surface area contributed by atoms with Gasteiger partial charge in [0.05, 0.1) is 16.9 Å². The number of rotatable bonds is 5. The van der Waals surface area contributed by atoms with Crippen molar-refractivity contribution in [3.63, 3.8) is 0 Å². The van der Waals surface area contributed by atoms with E-state index in [2.05, 4.69) is 10.4 Å². The molecule has 1 atom stereocenters. The van der Waals surface area contributed by atoms with Crippen LogP contribution in [-0.2, 0) is 6.54 Å². The molecule has 0 saturated carbocycles. The molecule has 0 spiro atoms. The lowest BCUT2D eigenvalue weighted by molar-refractivity contribution is 0.433. The van der Waals surface area contributed by atoms with Gasteiger partial charge in [0.15, 0.2) is 5.22 Å². The number of aromatic nitrogens is 2.